The summed E-state index contributed by atoms with van der Waals surface area (Å²) in [4.78, 5) is 38.7. The summed E-state index contributed by atoms with van der Waals surface area (Å²) in [6.45, 7) is 2.98. The van der Waals surface area contributed by atoms with Crippen molar-refractivity contribution in [2.75, 3.05) is 30.5 Å². The third-order valence-corrected chi connectivity index (χ3v) is 5.10. The zero-order chi connectivity index (χ0) is 25.2. The minimum Gasteiger partial charge on any atom is -0.497 e. The summed E-state index contributed by atoms with van der Waals surface area (Å²) in [5.41, 5.74) is 2.91. The number of hydrogen-bond donors (Lipinski definition) is 2. The molecule has 0 aliphatic rings. The minimum atomic E-state index is -0.702. The Morgan fingerprint density at radius 3 is 2.09 bits per heavy atom. The maximum absolute atomic E-state index is 12.8. The van der Waals surface area contributed by atoms with Gasteiger partial charge in [-0.1, -0.05) is 18.2 Å². The largest absolute Gasteiger partial charge is 0.497 e. The Morgan fingerprint density at radius 1 is 0.857 bits per heavy atom. The van der Waals surface area contributed by atoms with E-state index in [-0.39, 0.29) is 18.5 Å². The van der Waals surface area contributed by atoms with Crippen molar-refractivity contribution in [3.05, 3.63) is 84.4 Å². The summed E-state index contributed by atoms with van der Waals surface area (Å²) in [6.07, 6.45) is 0. The third-order valence-electron chi connectivity index (χ3n) is 5.10. The molecule has 0 radical (unpaired) electrons. The molecule has 0 atom stereocenters. The molecular formula is C27H29N3O5. The molecule has 0 saturated carbocycles. The number of amides is 2. The number of benzene rings is 3. The fourth-order valence-electron chi connectivity index (χ4n) is 3.38. The number of para-hydroxylation sites is 1. The average Bonchev–Trinajstić information content (AvgIpc) is 2.87. The Labute approximate surface area is 204 Å². The summed E-state index contributed by atoms with van der Waals surface area (Å²) in [7, 11) is 1.53. The zero-order valence-corrected chi connectivity index (χ0v) is 20.0. The minimum absolute atomic E-state index is 0.149. The third kappa shape index (κ3) is 7.33. The Bertz CT molecular complexity index is 1130. The van der Waals surface area contributed by atoms with Gasteiger partial charge >= 0.3 is 5.97 Å². The molecule has 0 unspecified atom stereocenters. The van der Waals surface area contributed by atoms with Crippen molar-refractivity contribution in [1.82, 2.24) is 5.32 Å². The monoisotopic (exact) mass is 475 g/mol. The lowest BCUT2D eigenvalue weighted by Gasteiger charge is -2.27. The van der Waals surface area contributed by atoms with Gasteiger partial charge in [0.1, 0.15) is 12.3 Å². The molecule has 0 aromatic heterocycles. The van der Waals surface area contributed by atoms with Gasteiger partial charge in [0.2, 0.25) is 0 Å². The van der Waals surface area contributed by atoms with Crippen LogP contribution in [0, 0.1) is 0 Å². The maximum atomic E-state index is 12.8. The molecule has 3 aromatic rings. The lowest BCUT2D eigenvalue weighted by atomic mass is 10.2. The molecule has 3 aromatic carbocycles. The SMILES string of the molecule is COc1ccc(C(=O)NCC(=O)OCC(=O)N(c2ccc(Nc3ccccc3)cc2)C(C)C)cc1. The second-order valence-corrected chi connectivity index (χ2v) is 7.97. The highest BCUT2D eigenvalue weighted by atomic mass is 16.5. The number of nitrogens with one attached hydrogen (secondary N) is 2. The summed E-state index contributed by atoms with van der Waals surface area (Å²) in [5.74, 6) is -0.870. The first kappa shape index (κ1) is 25.3. The van der Waals surface area contributed by atoms with Gasteiger partial charge in [-0.2, -0.15) is 0 Å². The quantitative estimate of drug-likeness (QED) is 0.428. The van der Waals surface area contributed by atoms with E-state index in [9.17, 15) is 14.4 Å². The fourth-order valence-corrected chi connectivity index (χ4v) is 3.38. The molecule has 2 amide bonds. The number of hydrogen-bond acceptors (Lipinski definition) is 6. The van der Waals surface area contributed by atoms with Crippen molar-refractivity contribution in [3.8, 4) is 5.75 Å². The summed E-state index contributed by atoms with van der Waals surface area (Å²) < 4.78 is 10.2. The van der Waals surface area contributed by atoms with Crippen molar-refractivity contribution in [2.24, 2.45) is 0 Å². The van der Waals surface area contributed by atoms with Crippen LogP contribution in [0.2, 0.25) is 0 Å². The van der Waals surface area contributed by atoms with E-state index in [4.69, 9.17) is 9.47 Å². The van der Waals surface area contributed by atoms with Crippen molar-refractivity contribution >= 4 is 34.8 Å². The van der Waals surface area contributed by atoms with E-state index in [1.54, 1.807) is 29.2 Å². The molecule has 0 heterocycles. The van der Waals surface area contributed by atoms with Gasteiger partial charge in [0, 0.05) is 28.7 Å². The van der Waals surface area contributed by atoms with Crippen LogP contribution in [0.25, 0.3) is 0 Å². The number of esters is 1. The zero-order valence-electron chi connectivity index (χ0n) is 20.0. The predicted octanol–water partition coefficient (Wildman–Crippen LogP) is 4.15. The number of anilines is 3. The van der Waals surface area contributed by atoms with Gasteiger partial charge in [-0.15, -0.1) is 0 Å². The number of rotatable bonds is 10. The topological polar surface area (TPSA) is 97.0 Å². The molecule has 8 heteroatoms. The standard InChI is InChI=1S/C27H29N3O5/c1-19(2)30(23-13-11-22(12-14-23)29-21-7-5-4-6-8-21)25(31)18-35-26(32)17-28-27(33)20-9-15-24(34-3)16-10-20/h4-16,19,29H,17-18H2,1-3H3,(H,28,33). The van der Waals surface area contributed by atoms with Gasteiger partial charge in [-0.05, 0) is 74.5 Å². The molecule has 0 bridgehead atoms. The van der Waals surface area contributed by atoms with Crippen molar-refractivity contribution in [2.45, 2.75) is 19.9 Å². The highest BCUT2D eigenvalue weighted by molar-refractivity contribution is 5.97. The molecule has 2 N–H and O–H groups in total. The molecule has 35 heavy (non-hydrogen) atoms. The lowest BCUT2D eigenvalue weighted by Crippen LogP contribution is -2.40. The maximum Gasteiger partial charge on any atom is 0.325 e. The van der Waals surface area contributed by atoms with E-state index in [2.05, 4.69) is 10.6 Å². The molecule has 8 nitrogen and oxygen atoms in total. The van der Waals surface area contributed by atoms with Gasteiger partial charge in [-0.25, -0.2) is 0 Å². The van der Waals surface area contributed by atoms with E-state index >= 15 is 0 Å². The molecular weight excluding hydrogens is 446 g/mol. The molecule has 0 aliphatic heterocycles. The second kappa shape index (κ2) is 12.2. The van der Waals surface area contributed by atoms with Gasteiger partial charge in [0.15, 0.2) is 6.61 Å². The Hall–Kier alpha value is -4.33. The van der Waals surface area contributed by atoms with Crippen LogP contribution in [0.15, 0.2) is 78.9 Å². The van der Waals surface area contributed by atoms with Crippen LogP contribution in [0.1, 0.15) is 24.2 Å². The average molecular weight is 476 g/mol. The van der Waals surface area contributed by atoms with E-state index in [1.807, 2.05) is 68.4 Å². The Morgan fingerprint density at radius 2 is 1.49 bits per heavy atom. The first-order valence-electron chi connectivity index (χ1n) is 11.2. The molecule has 0 aliphatic carbocycles. The first-order valence-corrected chi connectivity index (χ1v) is 11.2. The van der Waals surface area contributed by atoms with Crippen LogP contribution in [0.5, 0.6) is 5.75 Å². The number of ether oxygens (including phenoxy) is 2. The summed E-state index contributed by atoms with van der Waals surface area (Å²) in [6, 6.07) is 23.5. The van der Waals surface area contributed by atoms with Gasteiger partial charge in [0.05, 0.1) is 7.11 Å². The highest BCUT2D eigenvalue weighted by Crippen LogP contribution is 2.23. The van der Waals surface area contributed by atoms with Gasteiger partial charge in [0.25, 0.3) is 11.8 Å². The number of carbonyl (C=O) groups is 3. The normalized spacial score (nSPS) is 10.4. The van der Waals surface area contributed by atoms with Crippen molar-refractivity contribution in [3.63, 3.8) is 0 Å². The van der Waals surface area contributed by atoms with Gasteiger partial charge in [-0.3, -0.25) is 14.4 Å². The van der Waals surface area contributed by atoms with Gasteiger partial charge < -0.3 is 25.0 Å². The smallest absolute Gasteiger partial charge is 0.325 e. The molecule has 0 fully saturated rings. The number of carbonyl (C=O) groups excluding carboxylic acids is 3. The van der Waals surface area contributed by atoms with Crippen molar-refractivity contribution < 1.29 is 23.9 Å². The van der Waals surface area contributed by atoms with E-state index in [0.717, 1.165) is 11.4 Å². The summed E-state index contributed by atoms with van der Waals surface area (Å²) >= 11 is 0. The molecule has 182 valence electrons. The fraction of sp³-hybridized carbons (Fsp3) is 0.222. The van der Waals surface area contributed by atoms with Crippen LogP contribution in [-0.2, 0) is 14.3 Å². The second-order valence-electron chi connectivity index (χ2n) is 7.97. The first-order chi connectivity index (χ1) is 16.9. The van der Waals surface area contributed by atoms with Crippen molar-refractivity contribution in [1.29, 1.82) is 0 Å². The number of methoxy groups -OCH3 is 1. The van der Waals surface area contributed by atoms with E-state index in [0.29, 0.717) is 17.0 Å². The molecule has 0 spiro atoms. The number of nitrogens with zero attached hydrogens (tertiary/aromatic N) is 1. The Balaban J connectivity index is 1.51. The van der Waals surface area contributed by atoms with E-state index < -0.39 is 18.5 Å². The molecule has 3 rings (SSSR count). The van der Waals surface area contributed by atoms with Crippen LogP contribution < -0.4 is 20.3 Å². The highest BCUT2D eigenvalue weighted by Gasteiger charge is 2.21. The van der Waals surface area contributed by atoms with Crippen LogP contribution in [0.3, 0.4) is 0 Å². The molecule has 0 saturated heterocycles. The lowest BCUT2D eigenvalue weighted by molar-refractivity contribution is -0.146. The van der Waals surface area contributed by atoms with Crippen LogP contribution in [-0.4, -0.2) is 44.1 Å². The van der Waals surface area contributed by atoms with Crippen LogP contribution in [0.4, 0.5) is 17.1 Å². The van der Waals surface area contributed by atoms with Crippen LogP contribution >= 0.6 is 0 Å². The Kier molecular flexibility index (Phi) is 8.83. The summed E-state index contributed by atoms with van der Waals surface area (Å²) in [5, 5.41) is 5.78. The predicted molar refractivity (Wildman–Crippen MR) is 135 cm³/mol. The van der Waals surface area contributed by atoms with E-state index in [1.165, 1.54) is 7.11 Å².